The van der Waals surface area contributed by atoms with Crippen LogP contribution in [0, 0.1) is 27.7 Å². The second kappa shape index (κ2) is 10.4. The third-order valence-electron chi connectivity index (χ3n) is 4.00. The van der Waals surface area contributed by atoms with Gasteiger partial charge in [0.05, 0.1) is 5.52 Å². The number of imidazole rings is 1. The summed E-state index contributed by atoms with van der Waals surface area (Å²) in [6, 6.07) is 6.24. The van der Waals surface area contributed by atoms with Crippen LogP contribution in [0.25, 0.3) is 11.2 Å². The van der Waals surface area contributed by atoms with Crippen molar-refractivity contribution in [2.45, 2.75) is 55.4 Å². The van der Waals surface area contributed by atoms with Gasteiger partial charge in [0.1, 0.15) is 5.65 Å². The number of nitrogens with zero attached hydrogens (tertiary/aromatic N) is 4. The predicted octanol–water partition coefficient (Wildman–Crippen LogP) is 5.95. The highest BCUT2D eigenvalue weighted by Gasteiger charge is 1.96. The molecule has 4 aromatic heterocycles. The number of aryl methyl sites for hydroxylation is 4. The molecule has 26 heavy (non-hydrogen) atoms. The maximum absolute atomic E-state index is 4.18. The number of fused-ring (bicyclic) bond motifs is 2. The second-order valence-electron chi connectivity index (χ2n) is 5.67. The van der Waals surface area contributed by atoms with E-state index in [0.717, 1.165) is 11.2 Å². The van der Waals surface area contributed by atoms with Crippen LogP contribution in [0.2, 0.25) is 0 Å². The Hall–Kier alpha value is -2.62. The van der Waals surface area contributed by atoms with Crippen molar-refractivity contribution in [3.63, 3.8) is 0 Å². The molecule has 0 fully saturated rings. The van der Waals surface area contributed by atoms with Crippen LogP contribution in [0.4, 0.5) is 0 Å². The number of aromatic nitrogens is 4. The maximum atomic E-state index is 4.18. The summed E-state index contributed by atoms with van der Waals surface area (Å²) in [5.41, 5.74) is 7.37. The molecule has 4 aromatic rings. The van der Waals surface area contributed by atoms with Gasteiger partial charge in [-0.05, 0) is 68.1 Å². The molecule has 0 spiro atoms. The van der Waals surface area contributed by atoms with E-state index in [-0.39, 0.29) is 0 Å². The molecule has 4 nitrogen and oxygen atoms in total. The SMILES string of the molecule is CC.CC.Cc1cc2ccnn2cc1C.Cc1cc2nccn2cc1C. The van der Waals surface area contributed by atoms with Gasteiger partial charge in [-0.2, -0.15) is 5.10 Å². The van der Waals surface area contributed by atoms with Crippen LogP contribution in [0.15, 0.2) is 49.2 Å². The first kappa shape index (κ1) is 21.4. The molecule has 4 heterocycles. The average molecular weight is 353 g/mol. The third-order valence-corrected chi connectivity index (χ3v) is 4.00. The van der Waals surface area contributed by atoms with E-state index in [2.05, 4.69) is 56.1 Å². The first-order valence-electron chi connectivity index (χ1n) is 9.35. The summed E-state index contributed by atoms with van der Waals surface area (Å²) in [5.74, 6) is 0. The quantitative estimate of drug-likeness (QED) is 0.391. The molecule has 0 N–H and O–H groups in total. The monoisotopic (exact) mass is 352 g/mol. The summed E-state index contributed by atoms with van der Waals surface area (Å²) in [5, 5.41) is 4.14. The maximum Gasteiger partial charge on any atom is 0.136 e. The van der Waals surface area contributed by atoms with Crippen molar-refractivity contribution in [1.29, 1.82) is 0 Å². The van der Waals surface area contributed by atoms with E-state index in [1.807, 2.05) is 67.5 Å². The average Bonchev–Trinajstić information content (AvgIpc) is 3.29. The Kier molecular flexibility index (Phi) is 8.56. The van der Waals surface area contributed by atoms with Crippen LogP contribution < -0.4 is 0 Å². The molecular weight excluding hydrogens is 320 g/mol. The van der Waals surface area contributed by atoms with Gasteiger partial charge in [-0.1, -0.05) is 27.7 Å². The van der Waals surface area contributed by atoms with Crippen LogP contribution >= 0.6 is 0 Å². The van der Waals surface area contributed by atoms with Crippen molar-refractivity contribution in [3.8, 4) is 0 Å². The Labute approximate surface area is 157 Å². The molecule has 0 aliphatic heterocycles. The summed E-state index contributed by atoms with van der Waals surface area (Å²) in [4.78, 5) is 4.18. The van der Waals surface area contributed by atoms with E-state index >= 15 is 0 Å². The molecule has 0 aromatic carbocycles. The summed E-state index contributed by atoms with van der Waals surface area (Å²) < 4.78 is 3.92. The zero-order valence-electron chi connectivity index (χ0n) is 17.4. The van der Waals surface area contributed by atoms with Crippen molar-refractivity contribution in [2.75, 3.05) is 0 Å². The van der Waals surface area contributed by atoms with Crippen molar-refractivity contribution in [1.82, 2.24) is 19.0 Å². The van der Waals surface area contributed by atoms with Gasteiger partial charge < -0.3 is 4.40 Å². The molecular formula is C22H32N4. The third kappa shape index (κ3) is 5.19. The van der Waals surface area contributed by atoms with Crippen molar-refractivity contribution >= 4 is 11.2 Å². The van der Waals surface area contributed by atoms with E-state index in [9.17, 15) is 0 Å². The molecule has 0 radical (unpaired) electrons. The molecule has 0 saturated carbocycles. The molecule has 140 valence electrons. The summed E-state index contributed by atoms with van der Waals surface area (Å²) in [6.07, 6.45) is 9.73. The van der Waals surface area contributed by atoms with Gasteiger partial charge in [0.15, 0.2) is 0 Å². The highest BCUT2D eigenvalue weighted by molar-refractivity contribution is 5.49. The molecule has 0 aliphatic rings. The lowest BCUT2D eigenvalue weighted by Crippen LogP contribution is -1.89. The molecule has 0 amide bonds. The molecule has 4 rings (SSSR count). The predicted molar refractivity (Wildman–Crippen MR) is 112 cm³/mol. The van der Waals surface area contributed by atoms with Crippen molar-refractivity contribution < 1.29 is 0 Å². The minimum absolute atomic E-state index is 1.02. The van der Waals surface area contributed by atoms with Crippen molar-refractivity contribution in [3.05, 3.63) is 71.4 Å². The lowest BCUT2D eigenvalue weighted by Gasteiger charge is -1.99. The number of rotatable bonds is 0. The zero-order valence-corrected chi connectivity index (χ0v) is 17.4. The van der Waals surface area contributed by atoms with Gasteiger partial charge in [0, 0.05) is 31.0 Å². The fraction of sp³-hybridized carbons (Fsp3) is 0.364. The van der Waals surface area contributed by atoms with Crippen LogP contribution in [0.1, 0.15) is 49.9 Å². The van der Waals surface area contributed by atoms with Gasteiger partial charge in [-0.3, -0.25) is 0 Å². The standard InChI is InChI=1S/2C9H10N2.2C2H6/c1-7-5-9-10-3-4-11(9)6-8(7)2;1-7-5-9-3-4-10-11(9)6-8(7)2;2*1-2/h2*3-6H,1-2H3;2*1-2H3. The Balaban J connectivity index is 0.000000219. The minimum atomic E-state index is 1.02. The Morgan fingerprint density at radius 1 is 0.731 bits per heavy atom. The lowest BCUT2D eigenvalue weighted by atomic mass is 10.2. The van der Waals surface area contributed by atoms with Gasteiger partial charge in [0.25, 0.3) is 0 Å². The first-order valence-corrected chi connectivity index (χ1v) is 9.35. The smallest absolute Gasteiger partial charge is 0.136 e. The van der Waals surface area contributed by atoms with Crippen LogP contribution in [-0.2, 0) is 0 Å². The molecule has 0 atom stereocenters. The van der Waals surface area contributed by atoms with E-state index < -0.39 is 0 Å². The fourth-order valence-corrected chi connectivity index (χ4v) is 2.33. The Bertz CT molecular complexity index is 782. The molecule has 4 heteroatoms. The molecule has 0 saturated heterocycles. The number of pyridine rings is 2. The Morgan fingerprint density at radius 3 is 2.04 bits per heavy atom. The first-order chi connectivity index (χ1) is 12.5. The van der Waals surface area contributed by atoms with E-state index in [4.69, 9.17) is 0 Å². The zero-order chi connectivity index (χ0) is 19.7. The van der Waals surface area contributed by atoms with Crippen molar-refractivity contribution in [2.24, 2.45) is 0 Å². The van der Waals surface area contributed by atoms with E-state index in [0.29, 0.717) is 0 Å². The highest BCUT2D eigenvalue weighted by atomic mass is 15.2. The van der Waals surface area contributed by atoms with Crippen LogP contribution in [-0.4, -0.2) is 19.0 Å². The van der Waals surface area contributed by atoms with Crippen LogP contribution in [0.3, 0.4) is 0 Å². The normalized spacial score (nSPS) is 9.54. The largest absolute Gasteiger partial charge is 0.307 e. The second-order valence-corrected chi connectivity index (χ2v) is 5.67. The number of hydrogen-bond donors (Lipinski definition) is 0. The summed E-state index contributed by atoms with van der Waals surface area (Å²) >= 11 is 0. The van der Waals surface area contributed by atoms with E-state index in [1.165, 1.54) is 22.3 Å². The van der Waals surface area contributed by atoms with Gasteiger partial charge in [-0.15, -0.1) is 0 Å². The lowest BCUT2D eigenvalue weighted by molar-refractivity contribution is 0.946. The topological polar surface area (TPSA) is 34.6 Å². The molecule has 0 aliphatic carbocycles. The highest BCUT2D eigenvalue weighted by Crippen LogP contribution is 2.10. The fourth-order valence-electron chi connectivity index (χ4n) is 2.33. The minimum Gasteiger partial charge on any atom is -0.307 e. The van der Waals surface area contributed by atoms with Crippen LogP contribution in [0.5, 0.6) is 0 Å². The Morgan fingerprint density at radius 2 is 1.35 bits per heavy atom. The molecule has 0 unspecified atom stereocenters. The van der Waals surface area contributed by atoms with Gasteiger partial charge in [0.2, 0.25) is 0 Å². The summed E-state index contributed by atoms with van der Waals surface area (Å²) in [6.45, 7) is 16.4. The number of hydrogen-bond acceptors (Lipinski definition) is 2. The molecule has 0 bridgehead atoms. The van der Waals surface area contributed by atoms with Gasteiger partial charge in [-0.25, -0.2) is 9.50 Å². The van der Waals surface area contributed by atoms with Gasteiger partial charge >= 0.3 is 0 Å². The summed E-state index contributed by atoms with van der Waals surface area (Å²) in [7, 11) is 0. The van der Waals surface area contributed by atoms with E-state index in [1.54, 1.807) is 0 Å².